The standard InChI is InChI=1S/C21H28N10O14P2/c1-40-46(36,37)41-3-8-14(13(34)20(44-8)30-5-26-9-15(22)24-4-25-16(9)30)45-47(38,39)42-2-7-11(32)12(33)19(43-7)31-6-27-10-17(31)28-21(23)29-18(10)35/h4-8,11-14,19-20,32-34H,2-3H2,1H3,(H,36,37)(H,38,39)(H2,22,24,25)(H3,23,28,29,35)/t7?,8?,11-,12-,13-,14-,19?,20?/m1/s1. The van der Waals surface area contributed by atoms with Crippen LogP contribution in [0.4, 0.5) is 11.8 Å². The Bertz CT molecular complexity index is 1940. The number of aromatic nitrogens is 8. The molecule has 10 N–H and O–H groups in total. The number of aromatic amines is 1. The zero-order chi connectivity index (χ0) is 33.8. The highest BCUT2D eigenvalue weighted by atomic mass is 31.2. The van der Waals surface area contributed by atoms with Crippen molar-refractivity contribution in [3.05, 3.63) is 29.3 Å². The quantitative estimate of drug-likeness (QED) is 0.0733. The summed E-state index contributed by atoms with van der Waals surface area (Å²) in [4.78, 5) is 54.6. The highest BCUT2D eigenvalue weighted by molar-refractivity contribution is 7.47. The summed E-state index contributed by atoms with van der Waals surface area (Å²) in [7, 11) is -8.85. The van der Waals surface area contributed by atoms with Gasteiger partial charge in [-0.2, -0.15) is 4.98 Å². The summed E-state index contributed by atoms with van der Waals surface area (Å²) in [6, 6.07) is 0. The number of H-pyrrole nitrogens is 1. The second-order valence-corrected chi connectivity index (χ2v) is 13.2. The lowest BCUT2D eigenvalue weighted by molar-refractivity contribution is -0.0583. The molecular weight excluding hydrogens is 678 g/mol. The van der Waals surface area contributed by atoms with E-state index in [-0.39, 0.29) is 34.1 Å². The van der Waals surface area contributed by atoms with Crippen LogP contribution in [0.15, 0.2) is 23.8 Å². The van der Waals surface area contributed by atoms with E-state index in [9.17, 15) is 39.0 Å². The van der Waals surface area contributed by atoms with E-state index in [1.165, 1.54) is 10.9 Å². The second-order valence-electron chi connectivity index (χ2n) is 10.2. The van der Waals surface area contributed by atoms with Crippen LogP contribution in [-0.2, 0) is 36.7 Å². The van der Waals surface area contributed by atoms with Gasteiger partial charge in [0.25, 0.3) is 5.56 Å². The summed E-state index contributed by atoms with van der Waals surface area (Å²) >= 11 is 0. The summed E-state index contributed by atoms with van der Waals surface area (Å²) in [5.41, 5.74) is 10.8. The van der Waals surface area contributed by atoms with Gasteiger partial charge in [-0.1, -0.05) is 0 Å². The summed E-state index contributed by atoms with van der Waals surface area (Å²) in [5, 5.41) is 32.4. The van der Waals surface area contributed by atoms with Crippen molar-refractivity contribution in [3.63, 3.8) is 0 Å². The van der Waals surface area contributed by atoms with Crippen LogP contribution in [0, 0.1) is 0 Å². The van der Waals surface area contributed by atoms with Gasteiger partial charge in [-0.15, -0.1) is 0 Å². The first-order valence-corrected chi connectivity index (χ1v) is 16.4. The van der Waals surface area contributed by atoms with E-state index in [1.54, 1.807) is 0 Å². The minimum atomic E-state index is -5.17. The molecule has 2 aliphatic heterocycles. The van der Waals surface area contributed by atoms with Crippen LogP contribution in [0.25, 0.3) is 22.3 Å². The van der Waals surface area contributed by atoms with Crippen molar-refractivity contribution < 1.29 is 61.8 Å². The van der Waals surface area contributed by atoms with Crippen molar-refractivity contribution in [1.82, 2.24) is 39.0 Å². The molecule has 0 bridgehead atoms. The molecule has 0 spiro atoms. The molecule has 6 unspecified atom stereocenters. The van der Waals surface area contributed by atoms with Crippen molar-refractivity contribution in [2.75, 3.05) is 31.8 Å². The van der Waals surface area contributed by atoms with E-state index in [1.807, 2.05) is 0 Å². The predicted molar refractivity (Wildman–Crippen MR) is 152 cm³/mol. The Hall–Kier alpha value is -3.48. The molecule has 26 heteroatoms. The molecule has 24 nitrogen and oxygen atoms in total. The molecule has 2 aliphatic rings. The third kappa shape index (κ3) is 6.39. The van der Waals surface area contributed by atoms with Crippen molar-refractivity contribution >= 4 is 49.7 Å². The highest BCUT2D eigenvalue weighted by Crippen LogP contribution is 2.50. The third-order valence-corrected chi connectivity index (χ3v) is 9.24. The molecule has 256 valence electrons. The number of hydrogen-bond donors (Lipinski definition) is 8. The molecule has 0 saturated carbocycles. The number of nitrogens with one attached hydrogen (secondary N) is 1. The maximum Gasteiger partial charge on any atom is 0.472 e. The van der Waals surface area contributed by atoms with Crippen molar-refractivity contribution in [3.8, 4) is 0 Å². The fourth-order valence-corrected chi connectivity index (χ4v) is 6.47. The van der Waals surface area contributed by atoms with Gasteiger partial charge in [0.2, 0.25) is 5.95 Å². The number of ether oxygens (including phenoxy) is 2. The molecule has 6 rings (SSSR count). The topological polar surface area (TPSA) is 350 Å². The Kier molecular flexibility index (Phi) is 8.90. The van der Waals surface area contributed by atoms with E-state index in [0.717, 1.165) is 24.3 Å². The predicted octanol–water partition coefficient (Wildman–Crippen LogP) is -2.73. The monoisotopic (exact) mass is 706 g/mol. The number of anilines is 2. The molecular formula is C21H28N10O14P2. The van der Waals surface area contributed by atoms with Crippen molar-refractivity contribution in [2.45, 2.75) is 49.1 Å². The second kappa shape index (κ2) is 12.5. The van der Waals surface area contributed by atoms with E-state index in [2.05, 4.69) is 34.4 Å². The minimum Gasteiger partial charge on any atom is -0.387 e. The largest absolute Gasteiger partial charge is 0.472 e. The molecule has 6 heterocycles. The van der Waals surface area contributed by atoms with Crippen molar-refractivity contribution in [1.29, 1.82) is 0 Å². The van der Waals surface area contributed by atoms with E-state index < -0.39 is 83.5 Å². The molecule has 47 heavy (non-hydrogen) atoms. The average molecular weight is 706 g/mol. The Morgan fingerprint density at radius 3 is 2.21 bits per heavy atom. The summed E-state index contributed by atoms with van der Waals surface area (Å²) in [6.07, 6.45) is -9.07. The fraction of sp³-hybridized carbons (Fsp3) is 0.524. The number of nitrogens with two attached hydrogens (primary N) is 2. The SMILES string of the molecule is COP(=O)(O)OCC1OC(n2cnc3c(N)ncnc32)[C@H](O)[C@@H]1OP(=O)(O)OCC1OC(n2cnc3c(=O)[nH]c(N)nc32)[C@H](O)[C@@H]1O. The lowest BCUT2D eigenvalue weighted by Gasteiger charge is -2.24. The van der Waals surface area contributed by atoms with Gasteiger partial charge in [-0.05, 0) is 0 Å². The number of rotatable bonds is 11. The number of nitrogen functional groups attached to an aromatic ring is 2. The molecule has 0 aliphatic carbocycles. The molecule has 2 fully saturated rings. The molecule has 2 saturated heterocycles. The average Bonchev–Trinajstić information content (AvgIpc) is 3.77. The number of imidazole rings is 2. The molecule has 0 aromatic carbocycles. The molecule has 4 aromatic rings. The zero-order valence-electron chi connectivity index (χ0n) is 23.9. The van der Waals surface area contributed by atoms with E-state index in [0.29, 0.717) is 0 Å². The van der Waals surface area contributed by atoms with Gasteiger partial charge >= 0.3 is 15.6 Å². The highest BCUT2D eigenvalue weighted by Gasteiger charge is 2.51. The van der Waals surface area contributed by atoms with Gasteiger partial charge in [0, 0.05) is 7.11 Å². The minimum absolute atomic E-state index is 0.0162. The summed E-state index contributed by atoms with van der Waals surface area (Å²) in [6.45, 7) is -1.61. The maximum atomic E-state index is 13.1. The first-order chi connectivity index (χ1) is 22.2. The number of nitrogens with zero attached hydrogens (tertiary/aromatic N) is 7. The zero-order valence-corrected chi connectivity index (χ0v) is 25.6. The number of fused-ring (bicyclic) bond motifs is 2. The van der Waals surface area contributed by atoms with Gasteiger partial charge in [0.15, 0.2) is 35.1 Å². The van der Waals surface area contributed by atoms with Gasteiger partial charge in [0.1, 0.15) is 48.5 Å². The molecule has 10 atom stereocenters. The van der Waals surface area contributed by atoms with Crippen LogP contribution < -0.4 is 17.0 Å². The van der Waals surface area contributed by atoms with Crippen LogP contribution in [0.2, 0.25) is 0 Å². The number of phosphoric ester groups is 2. The van der Waals surface area contributed by atoms with Gasteiger partial charge in [0.05, 0.1) is 25.9 Å². The third-order valence-electron chi connectivity index (χ3n) is 7.32. The Balaban J connectivity index is 1.18. The van der Waals surface area contributed by atoms with Gasteiger partial charge in [-0.25, -0.2) is 29.1 Å². The van der Waals surface area contributed by atoms with Crippen LogP contribution in [0.5, 0.6) is 0 Å². The maximum absolute atomic E-state index is 13.1. The Morgan fingerprint density at radius 1 is 0.872 bits per heavy atom. The lowest BCUT2D eigenvalue weighted by atomic mass is 10.1. The van der Waals surface area contributed by atoms with E-state index >= 15 is 0 Å². The molecule has 4 aromatic heterocycles. The summed E-state index contributed by atoms with van der Waals surface area (Å²) in [5.74, 6) is -0.232. The Labute approximate surface area is 261 Å². The first kappa shape index (κ1) is 33.4. The fourth-order valence-electron chi connectivity index (χ4n) is 5.07. The number of aliphatic hydroxyl groups excluding tert-OH is 3. The lowest BCUT2D eigenvalue weighted by Crippen LogP contribution is -2.37. The smallest absolute Gasteiger partial charge is 0.387 e. The van der Waals surface area contributed by atoms with Crippen LogP contribution >= 0.6 is 15.6 Å². The normalized spacial score (nSPS) is 30.6. The molecule has 0 radical (unpaired) electrons. The van der Waals surface area contributed by atoms with Crippen LogP contribution in [0.3, 0.4) is 0 Å². The van der Waals surface area contributed by atoms with Gasteiger partial charge < -0.3 is 46.0 Å². The summed E-state index contributed by atoms with van der Waals surface area (Å²) < 4.78 is 58.4. The van der Waals surface area contributed by atoms with Crippen LogP contribution in [-0.4, -0.2) is 121 Å². The van der Waals surface area contributed by atoms with E-state index in [4.69, 9.17) is 34.5 Å². The molecule has 0 amide bonds. The first-order valence-electron chi connectivity index (χ1n) is 13.4. The number of aliphatic hydroxyl groups is 3. The van der Waals surface area contributed by atoms with Crippen molar-refractivity contribution in [2.24, 2.45) is 0 Å². The Morgan fingerprint density at radius 2 is 1.49 bits per heavy atom. The number of phosphoric acid groups is 2. The van der Waals surface area contributed by atoms with Gasteiger partial charge in [-0.3, -0.25) is 37.0 Å². The van der Waals surface area contributed by atoms with Crippen LogP contribution in [0.1, 0.15) is 12.5 Å². The number of hydrogen-bond acceptors (Lipinski definition) is 19.